The van der Waals surface area contributed by atoms with E-state index in [-0.39, 0.29) is 40.0 Å². The fourth-order valence-corrected chi connectivity index (χ4v) is 6.66. The van der Waals surface area contributed by atoms with Crippen LogP contribution in [0, 0.1) is 17.0 Å². The summed E-state index contributed by atoms with van der Waals surface area (Å²) in [4.78, 5) is 16.4. The van der Waals surface area contributed by atoms with Gasteiger partial charge in [-0.3, -0.25) is 9.69 Å². The molecular weight excluding hydrogens is 398 g/mol. The van der Waals surface area contributed by atoms with Gasteiger partial charge in [0.2, 0.25) is 5.91 Å². The van der Waals surface area contributed by atoms with Gasteiger partial charge in [-0.05, 0) is 55.0 Å². The number of carbonyl (C=O) groups excluding carboxylic acids is 1. The third kappa shape index (κ3) is 2.65. The minimum Gasteiger partial charge on any atom is -0.340 e. The van der Waals surface area contributed by atoms with E-state index in [0.29, 0.717) is 6.54 Å². The molecule has 1 aromatic heterocycles. The Bertz CT molecular complexity index is 1050. The topological polar surface area (TPSA) is 49.3 Å². The minimum atomic E-state index is -0.629. The number of hydrogen-bond acceptors (Lipinski definition) is 4. The third-order valence-corrected chi connectivity index (χ3v) is 8.35. The van der Waals surface area contributed by atoms with Crippen LogP contribution in [0.5, 0.6) is 0 Å². The van der Waals surface area contributed by atoms with Gasteiger partial charge >= 0.3 is 0 Å². The van der Waals surface area contributed by atoms with Gasteiger partial charge < -0.3 is 4.90 Å². The van der Waals surface area contributed by atoms with E-state index in [1.165, 1.54) is 18.2 Å². The summed E-state index contributed by atoms with van der Waals surface area (Å²) in [5, 5.41) is 8.95. The molecule has 2 fully saturated rings. The van der Waals surface area contributed by atoms with Gasteiger partial charge in [0.15, 0.2) is 0 Å². The first-order chi connectivity index (χ1) is 14.7. The monoisotopic (exact) mass is 426 g/mol. The molecule has 2 aliphatic carbocycles. The van der Waals surface area contributed by atoms with Crippen LogP contribution in [0.2, 0.25) is 0 Å². The lowest BCUT2D eigenvalue weighted by molar-refractivity contribution is -0.133. The zero-order valence-electron chi connectivity index (χ0n) is 18.5. The Morgan fingerprint density at radius 2 is 1.87 bits per heavy atom. The number of hydrogen-bond donors (Lipinski definition) is 0. The maximum atomic E-state index is 14.4. The van der Waals surface area contributed by atoms with Crippen molar-refractivity contribution in [2.45, 2.75) is 51.0 Å². The lowest BCUT2D eigenvalue weighted by Crippen LogP contribution is -2.63. The molecule has 164 valence electrons. The predicted octanol–water partition coefficient (Wildman–Crippen LogP) is 3.74. The third-order valence-electron chi connectivity index (χ3n) is 8.35. The predicted molar refractivity (Wildman–Crippen MR) is 113 cm³/mol. The van der Waals surface area contributed by atoms with Crippen molar-refractivity contribution >= 4 is 5.91 Å². The molecule has 7 heteroatoms. The minimum absolute atomic E-state index is 0.0940. The number of likely N-dealkylation sites (N-methyl/N-ethyl adjacent to an activating group) is 1. The van der Waals surface area contributed by atoms with Gasteiger partial charge in [0, 0.05) is 38.0 Å². The van der Waals surface area contributed by atoms with Crippen molar-refractivity contribution in [3.8, 4) is 11.3 Å². The molecule has 3 aliphatic rings. The summed E-state index contributed by atoms with van der Waals surface area (Å²) < 4.78 is 28.8. The van der Waals surface area contributed by atoms with Crippen molar-refractivity contribution in [3.63, 3.8) is 0 Å². The number of aromatic nitrogens is 2. The highest BCUT2D eigenvalue weighted by Gasteiger charge is 2.67. The Morgan fingerprint density at radius 1 is 1.16 bits per heavy atom. The quantitative estimate of drug-likeness (QED) is 0.734. The van der Waals surface area contributed by atoms with E-state index in [4.69, 9.17) is 0 Å². The van der Waals surface area contributed by atoms with Crippen molar-refractivity contribution in [1.82, 2.24) is 20.0 Å². The number of piperazine rings is 1. The molecule has 0 radical (unpaired) electrons. The number of halogens is 2. The number of benzene rings is 1. The molecule has 1 aliphatic heterocycles. The van der Waals surface area contributed by atoms with Gasteiger partial charge in [-0.1, -0.05) is 19.9 Å². The number of fused-ring (bicyclic) bond motifs is 5. The van der Waals surface area contributed by atoms with Crippen molar-refractivity contribution in [1.29, 1.82) is 0 Å². The molecule has 1 saturated heterocycles. The van der Waals surface area contributed by atoms with Crippen molar-refractivity contribution in [2.75, 3.05) is 26.7 Å². The molecule has 1 saturated carbocycles. The normalized spacial score (nSPS) is 29.3. The molecule has 3 atom stereocenters. The molecule has 0 unspecified atom stereocenters. The highest BCUT2D eigenvalue weighted by Crippen LogP contribution is 2.69. The smallest absolute Gasteiger partial charge is 0.219 e. The van der Waals surface area contributed by atoms with Crippen LogP contribution in [-0.4, -0.2) is 58.6 Å². The summed E-state index contributed by atoms with van der Waals surface area (Å²) in [7, 11) is 2.12. The molecule has 1 amide bonds. The van der Waals surface area contributed by atoms with Crippen molar-refractivity contribution in [2.24, 2.45) is 5.41 Å². The number of rotatable bonds is 2. The van der Waals surface area contributed by atoms with Crippen LogP contribution in [0.15, 0.2) is 24.3 Å². The molecule has 31 heavy (non-hydrogen) atoms. The maximum absolute atomic E-state index is 14.4. The number of amides is 1. The SMILES string of the molecule is CC(=O)N1CCN(C)[C@H]([C@@]23CC[C@@H](c4cc(-c5c(F)cccc5F)nnc42)C3(C)C)C1. The van der Waals surface area contributed by atoms with E-state index in [9.17, 15) is 13.6 Å². The summed E-state index contributed by atoms with van der Waals surface area (Å²) >= 11 is 0. The van der Waals surface area contributed by atoms with E-state index >= 15 is 0 Å². The highest BCUT2D eigenvalue weighted by molar-refractivity contribution is 5.73. The second kappa shape index (κ2) is 6.79. The zero-order chi connectivity index (χ0) is 22.1. The second-order valence-electron chi connectivity index (χ2n) is 9.88. The van der Waals surface area contributed by atoms with Crippen LogP contribution in [0.1, 0.15) is 50.8 Å². The average Bonchev–Trinajstić information content (AvgIpc) is 3.09. The van der Waals surface area contributed by atoms with Crippen LogP contribution in [0.4, 0.5) is 8.78 Å². The molecule has 2 heterocycles. The standard InChI is InChI=1S/C24H28F2N4O/c1-14(31)30-11-10-29(4)20(13-30)24-9-8-16(23(24,2)3)15-12-19(27-28-22(15)24)21-17(25)6-5-7-18(21)26/h5-7,12,16,20H,8-11,13H2,1-4H3/t16-,20-,24-/m0/s1. The summed E-state index contributed by atoms with van der Waals surface area (Å²) in [6, 6.07) is 5.82. The molecule has 0 N–H and O–H groups in total. The molecule has 2 aromatic rings. The van der Waals surface area contributed by atoms with Crippen LogP contribution in [-0.2, 0) is 10.2 Å². The summed E-state index contributed by atoms with van der Waals surface area (Å²) in [5.41, 5.74) is 1.76. The van der Waals surface area contributed by atoms with Gasteiger partial charge in [-0.2, -0.15) is 10.2 Å². The fourth-order valence-electron chi connectivity index (χ4n) is 6.66. The van der Waals surface area contributed by atoms with Crippen LogP contribution >= 0.6 is 0 Å². The number of carbonyl (C=O) groups is 1. The Morgan fingerprint density at radius 3 is 2.55 bits per heavy atom. The molecule has 0 spiro atoms. The van der Waals surface area contributed by atoms with E-state index in [1.807, 2.05) is 11.0 Å². The van der Waals surface area contributed by atoms with E-state index in [0.717, 1.165) is 37.2 Å². The fraction of sp³-hybridized carbons (Fsp3) is 0.542. The molecule has 1 aromatic carbocycles. The molecular formula is C24H28F2N4O. The van der Waals surface area contributed by atoms with E-state index in [1.54, 1.807) is 6.92 Å². The highest BCUT2D eigenvalue weighted by atomic mass is 19.1. The van der Waals surface area contributed by atoms with Gasteiger partial charge in [0.1, 0.15) is 11.6 Å². The molecule has 5 rings (SSSR count). The van der Waals surface area contributed by atoms with E-state index in [2.05, 4.69) is 36.0 Å². The first-order valence-electron chi connectivity index (χ1n) is 11.0. The van der Waals surface area contributed by atoms with Crippen LogP contribution in [0.25, 0.3) is 11.3 Å². The van der Waals surface area contributed by atoms with Gasteiger partial charge in [0.25, 0.3) is 0 Å². The summed E-state index contributed by atoms with van der Waals surface area (Å²) in [6.07, 6.45) is 1.97. The first-order valence-corrected chi connectivity index (χ1v) is 11.0. The molecule has 5 nitrogen and oxygen atoms in total. The lowest BCUT2D eigenvalue weighted by Gasteiger charge is -2.52. The summed E-state index contributed by atoms with van der Waals surface area (Å²) in [5.74, 6) is -0.921. The van der Waals surface area contributed by atoms with Gasteiger partial charge in [-0.15, -0.1) is 0 Å². The second-order valence-corrected chi connectivity index (χ2v) is 9.88. The largest absolute Gasteiger partial charge is 0.340 e. The summed E-state index contributed by atoms with van der Waals surface area (Å²) in [6.45, 7) is 8.37. The van der Waals surface area contributed by atoms with Gasteiger partial charge in [-0.25, -0.2) is 8.78 Å². The Labute approximate surface area is 181 Å². The van der Waals surface area contributed by atoms with Crippen LogP contribution < -0.4 is 0 Å². The Balaban J connectivity index is 1.64. The van der Waals surface area contributed by atoms with Crippen molar-refractivity contribution in [3.05, 3.63) is 47.2 Å². The van der Waals surface area contributed by atoms with Gasteiger partial charge in [0.05, 0.1) is 17.0 Å². The Kier molecular flexibility index (Phi) is 4.49. The van der Waals surface area contributed by atoms with E-state index < -0.39 is 11.6 Å². The maximum Gasteiger partial charge on any atom is 0.219 e. The Hall–Kier alpha value is -2.41. The van der Waals surface area contributed by atoms with Crippen LogP contribution in [0.3, 0.4) is 0 Å². The van der Waals surface area contributed by atoms with Crippen molar-refractivity contribution < 1.29 is 13.6 Å². The number of nitrogens with zero attached hydrogens (tertiary/aromatic N) is 4. The average molecular weight is 427 g/mol. The first kappa shape index (κ1) is 20.5. The molecule has 2 bridgehead atoms. The lowest BCUT2D eigenvalue weighted by atomic mass is 9.63. The zero-order valence-corrected chi connectivity index (χ0v) is 18.5.